The van der Waals surface area contributed by atoms with Crippen molar-refractivity contribution < 1.29 is 28.2 Å². The van der Waals surface area contributed by atoms with Crippen LogP contribution in [0.4, 0.5) is 10.1 Å². The van der Waals surface area contributed by atoms with Crippen molar-refractivity contribution in [2.24, 2.45) is 23.7 Å². The molecule has 8 nitrogen and oxygen atoms in total. The Morgan fingerprint density at radius 2 is 1.90 bits per heavy atom. The molecule has 8 atom stereocenters. The first kappa shape index (κ1) is 28.7. The highest BCUT2D eigenvalue weighted by atomic mass is 35.5. The average Bonchev–Trinajstić information content (AvgIpc) is 3.61. The van der Waals surface area contributed by atoms with Crippen molar-refractivity contribution in [1.82, 2.24) is 10.2 Å². The van der Waals surface area contributed by atoms with Gasteiger partial charge in [-0.25, -0.2) is 4.39 Å². The SMILES string of the molecule is COc1ccc(CN2C(=O)[C@H]3[C@H](C(=O)Nc4ccc(F)c(Cl)c4)[C@H]4C=C[C@@]3(O4)[C@@H]2C(=O)N[C@@H]2CCC[C@@H](C)[C@H]2C)cc1. The highest BCUT2D eigenvalue weighted by molar-refractivity contribution is 6.31. The van der Waals surface area contributed by atoms with Crippen molar-refractivity contribution in [3.05, 3.63) is 71.0 Å². The second kappa shape index (κ2) is 11.0. The molecule has 1 aliphatic carbocycles. The van der Waals surface area contributed by atoms with Gasteiger partial charge in [-0.15, -0.1) is 0 Å². The number of nitrogens with zero attached hydrogens (tertiary/aromatic N) is 1. The summed E-state index contributed by atoms with van der Waals surface area (Å²) in [5.74, 6) is -1.98. The lowest BCUT2D eigenvalue weighted by molar-refractivity contribution is -0.142. The predicted octanol–water partition coefficient (Wildman–Crippen LogP) is 4.72. The zero-order chi connectivity index (χ0) is 29.8. The number of likely N-dealkylation sites (tertiary alicyclic amines) is 1. The average molecular weight is 596 g/mol. The largest absolute Gasteiger partial charge is 0.497 e. The number of carbonyl (C=O) groups is 3. The second-order valence-electron chi connectivity index (χ2n) is 12.0. The van der Waals surface area contributed by atoms with Gasteiger partial charge in [-0.3, -0.25) is 14.4 Å². The Bertz CT molecular complexity index is 1430. The highest BCUT2D eigenvalue weighted by Gasteiger charge is 2.72. The molecule has 4 aliphatic rings. The van der Waals surface area contributed by atoms with E-state index in [-0.39, 0.29) is 29.4 Å². The number of halogens is 2. The van der Waals surface area contributed by atoms with Crippen molar-refractivity contribution in [3.63, 3.8) is 0 Å². The molecule has 10 heteroatoms. The summed E-state index contributed by atoms with van der Waals surface area (Å²) in [4.78, 5) is 43.6. The molecule has 6 rings (SSSR count). The summed E-state index contributed by atoms with van der Waals surface area (Å²) in [6, 6.07) is 10.3. The van der Waals surface area contributed by atoms with Gasteiger partial charge in [0.1, 0.15) is 23.2 Å². The molecule has 3 heterocycles. The molecule has 0 radical (unpaired) electrons. The molecule has 1 saturated carbocycles. The van der Waals surface area contributed by atoms with Crippen molar-refractivity contribution in [1.29, 1.82) is 0 Å². The van der Waals surface area contributed by atoms with E-state index in [9.17, 15) is 18.8 Å². The Morgan fingerprint density at radius 1 is 1.14 bits per heavy atom. The number of amides is 3. The van der Waals surface area contributed by atoms with Crippen LogP contribution in [-0.2, 0) is 25.7 Å². The van der Waals surface area contributed by atoms with Gasteiger partial charge in [0.2, 0.25) is 17.7 Å². The number of hydrogen-bond donors (Lipinski definition) is 2. The molecule has 222 valence electrons. The van der Waals surface area contributed by atoms with Crippen LogP contribution in [0.3, 0.4) is 0 Å². The van der Waals surface area contributed by atoms with Gasteiger partial charge < -0.3 is 25.0 Å². The first-order valence-electron chi connectivity index (χ1n) is 14.5. The fourth-order valence-electron chi connectivity index (χ4n) is 7.21. The van der Waals surface area contributed by atoms with Crippen LogP contribution >= 0.6 is 11.6 Å². The Balaban J connectivity index is 1.32. The third-order valence-corrected chi connectivity index (χ3v) is 9.95. The number of rotatable bonds is 7. The topological polar surface area (TPSA) is 97.0 Å². The van der Waals surface area contributed by atoms with E-state index in [1.807, 2.05) is 12.1 Å². The minimum atomic E-state index is -1.29. The van der Waals surface area contributed by atoms with Gasteiger partial charge in [0.05, 0.1) is 30.1 Å². The molecule has 2 aromatic carbocycles. The molecule has 2 N–H and O–H groups in total. The lowest BCUT2D eigenvalue weighted by atomic mass is 9.73. The Hall–Kier alpha value is -3.43. The lowest BCUT2D eigenvalue weighted by Gasteiger charge is -2.38. The fraction of sp³-hybridized carbons (Fsp3) is 0.469. The van der Waals surface area contributed by atoms with E-state index in [4.69, 9.17) is 21.1 Å². The zero-order valence-corrected chi connectivity index (χ0v) is 24.6. The summed E-state index contributed by atoms with van der Waals surface area (Å²) >= 11 is 5.92. The van der Waals surface area contributed by atoms with Crippen molar-refractivity contribution in [2.75, 3.05) is 12.4 Å². The smallest absolute Gasteiger partial charge is 0.246 e. The Labute approximate surface area is 249 Å². The number of nitrogens with one attached hydrogen (secondary N) is 2. The van der Waals surface area contributed by atoms with E-state index in [1.165, 1.54) is 18.2 Å². The van der Waals surface area contributed by atoms with Crippen LogP contribution in [0.5, 0.6) is 5.75 Å². The van der Waals surface area contributed by atoms with Crippen LogP contribution in [0.1, 0.15) is 38.7 Å². The van der Waals surface area contributed by atoms with Gasteiger partial charge in [0.25, 0.3) is 0 Å². The Morgan fingerprint density at radius 3 is 2.62 bits per heavy atom. The lowest BCUT2D eigenvalue weighted by Crippen LogP contribution is -2.57. The maximum atomic E-state index is 14.2. The summed E-state index contributed by atoms with van der Waals surface area (Å²) in [5, 5.41) is 5.91. The van der Waals surface area contributed by atoms with E-state index in [1.54, 1.807) is 36.3 Å². The quantitative estimate of drug-likeness (QED) is 0.452. The summed E-state index contributed by atoms with van der Waals surface area (Å²) < 4.78 is 25.4. The maximum Gasteiger partial charge on any atom is 0.246 e. The summed E-state index contributed by atoms with van der Waals surface area (Å²) in [5.41, 5.74) is -0.162. The summed E-state index contributed by atoms with van der Waals surface area (Å²) in [6.07, 6.45) is 5.91. The third kappa shape index (κ3) is 4.76. The van der Waals surface area contributed by atoms with Crippen molar-refractivity contribution in [2.45, 2.75) is 63.4 Å². The van der Waals surface area contributed by atoms with Crippen LogP contribution in [0.15, 0.2) is 54.6 Å². The molecule has 42 heavy (non-hydrogen) atoms. The van der Waals surface area contributed by atoms with Crippen LogP contribution in [0.25, 0.3) is 0 Å². The summed E-state index contributed by atoms with van der Waals surface area (Å²) in [6.45, 7) is 4.53. The van der Waals surface area contributed by atoms with Crippen molar-refractivity contribution >= 4 is 35.0 Å². The highest BCUT2D eigenvalue weighted by Crippen LogP contribution is 2.55. The van der Waals surface area contributed by atoms with Crippen LogP contribution in [-0.4, -0.2) is 53.5 Å². The zero-order valence-electron chi connectivity index (χ0n) is 23.8. The van der Waals surface area contributed by atoms with Gasteiger partial charge >= 0.3 is 0 Å². The number of anilines is 1. The molecule has 2 saturated heterocycles. The van der Waals surface area contributed by atoms with Crippen LogP contribution in [0, 0.1) is 29.5 Å². The van der Waals surface area contributed by atoms with Gasteiger partial charge in [0.15, 0.2) is 0 Å². The first-order valence-corrected chi connectivity index (χ1v) is 14.9. The maximum absolute atomic E-state index is 14.2. The van der Waals surface area contributed by atoms with E-state index < -0.39 is 41.3 Å². The van der Waals surface area contributed by atoms with Gasteiger partial charge in [-0.1, -0.05) is 62.6 Å². The van der Waals surface area contributed by atoms with Crippen molar-refractivity contribution in [3.8, 4) is 5.75 Å². The molecule has 3 fully saturated rings. The monoisotopic (exact) mass is 595 g/mol. The molecule has 0 aromatic heterocycles. The molecule has 3 amide bonds. The third-order valence-electron chi connectivity index (χ3n) is 9.66. The number of carbonyl (C=O) groups excluding carboxylic acids is 3. The second-order valence-corrected chi connectivity index (χ2v) is 12.4. The molecule has 0 unspecified atom stereocenters. The molecule has 2 bridgehead atoms. The standard InChI is InChI=1S/C32H35ClFN3O5/c1-17-5-4-6-24(18(17)2)36-30(39)28-32-14-13-25(42-32)26(29(38)35-20-9-12-23(34)22(33)15-20)27(32)31(40)37(28)16-19-7-10-21(41-3)11-8-19/h7-15,17-18,24-28H,4-6,16H2,1-3H3,(H,35,38)(H,36,39)/t17-,18-,24-,25-,26-,27-,28+,32+/m1/s1. The first-order chi connectivity index (χ1) is 20.1. The molecule has 3 aliphatic heterocycles. The molecular weight excluding hydrogens is 561 g/mol. The number of ether oxygens (including phenoxy) is 2. The van der Waals surface area contributed by atoms with Crippen LogP contribution in [0.2, 0.25) is 5.02 Å². The van der Waals surface area contributed by atoms with Crippen LogP contribution < -0.4 is 15.4 Å². The van der Waals surface area contributed by atoms with E-state index in [0.717, 1.165) is 24.8 Å². The van der Waals surface area contributed by atoms with Gasteiger partial charge in [-0.05, 0) is 54.2 Å². The normalized spacial score (nSPS) is 33.0. The molecular formula is C32H35ClFN3O5. The Kier molecular flexibility index (Phi) is 7.51. The number of fused-ring (bicyclic) bond motifs is 1. The van der Waals surface area contributed by atoms with Gasteiger partial charge in [0, 0.05) is 18.3 Å². The van der Waals surface area contributed by atoms with E-state index in [0.29, 0.717) is 23.3 Å². The predicted molar refractivity (Wildman–Crippen MR) is 155 cm³/mol. The van der Waals surface area contributed by atoms with Gasteiger partial charge in [-0.2, -0.15) is 0 Å². The summed E-state index contributed by atoms with van der Waals surface area (Å²) in [7, 11) is 1.58. The fourth-order valence-corrected chi connectivity index (χ4v) is 7.39. The number of hydrogen-bond acceptors (Lipinski definition) is 5. The van der Waals surface area contributed by atoms with E-state index in [2.05, 4.69) is 24.5 Å². The number of methoxy groups -OCH3 is 1. The van der Waals surface area contributed by atoms with E-state index >= 15 is 0 Å². The minimum Gasteiger partial charge on any atom is -0.497 e. The molecule has 1 spiro atoms. The minimum absolute atomic E-state index is 0.0143. The number of benzene rings is 2. The molecule has 2 aromatic rings.